The predicted molar refractivity (Wildman–Crippen MR) is 169 cm³/mol. The average Bonchev–Trinajstić information content (AvgIpc) is 3.01. The zero-order valence-electron chi connectivity index (χ0n) is 23.9. The van der Waals surface area contributed by atoms with Crippen LogP contribution >= 0.6 is 0 Å². The van der Waals surface area contributed by atoms with Crippen LogP contribution in [0.4, 0.5) is 0 Å². The van der Waals surface area contributed by atoms with Crippen LogP contribution in [-0.4, -0.2) is 9.97 Å². The Kier molecular flexibility index (Phi) is 6.87. The highest BCUT2D eigenvalue weighted by Crippen LogP contribution is 2.42. The number of rotatable bonds is 4. The van der Waals surface area contributed by atoms with Gasteiger partial charge in [-0.1, -0.05) is 112 Å². The van der Waals surface area contributed by atoms with Crippen molar-refractivity contribution in [3.05, 3.63) is 96.3 Å². The Labute approximate surface area is 238 Å². The lowest BCUT2D eigenvalue weighted by molar-refractivity contribution is 0.344. The van der Waals surface area contributed by atoms with Crippen molar-refractivity contribution in [1.82, 2.24) is 9.97 Å². The third kappa shape index (κ3) is 4.83. The molecule has 0 amide bonds. The van der Waals surface area contributed by atoms with Crippen molar-refractivity contribution in [2.24, 2.45) is 11.8 Å². The summed E-state index contributed by atoms with van der Waals surface area (Å²) in [6.07, 6.45) is 10.1. The van der Waals surface area contributed by atoms with Crippen LogP contribution < -0.4 is 0 Å². The maximum Gasteiger partial charge on any atom is 0.0974 e. The Hall–Kier alpha value is -3.52. The molecule has 0 radical (unpaired) electrons. The van der Waals surface area contributed by atoms with Crippen molar-refractivity contribution in [1.29, 1.82) is 0 Å². The van der Waals surface area contributed by atoms with Crippen molar-refractivity contribution >= 4 is 21.8 Å². The van der Waals surface area contributed by atoms with Gasteiger partial charge in [-0.3, -0.25) is 9.97 Å². The fraction of sp³-hybridized carbons (Fsp3) is 0.368. The van der Waals surface area contributed by atoms with E-state index in [1.54, 1.807) is 0 Å². The van der Waals surface area contributed by atoms with Gasteiger partial charge in [-0.05, 0) is 71.9 Å². The van der Waals surface area contributed by atoms with Gasteiger partial charge in [0.25, 0.3) is 0 Å². The topological polar surface area (TPSA) is 25.8 Å². The summed E-state index contributed by atoms with van der Waals surface area (Å²) in [7, 11) is 0. The number of hydrogen-bond donors (Lipinski definition) is 0. The van der Waals surface area contributed by atoms with E-state index in [1.807, 2.05) is 0 Å². The molecule has 0 atom stereocenters. The molecule has 2 heterocycles. The molecular formula is C38H40N2. The van der Waals surface area contributed by atoms with Gasteiger partial charge in [0.2, 0.25) is 0 Å². The molecule has 2 aliphatic rings. The number of hydrogen-bond acceptors (Lipinski definition) is 2. The molecule has 2 aliphatic carbocycles. The van der Waals surface area contributed by atoms with E-state index in [9.17, 15) is 0 Å². The molecule has 40 heavy (non-hydrogen) atoms. The molecule has 5 aromatic rings. The average molecular weight is 525 g/mol. The monoisotopic (exact) mass is 524 g/mol. The summed E-state index contributed by atoms with van der Waals surface area (Å²) in [5.74, 6) is 2.69. The summed E-state index contributed by atoms with van der Waals surface area (Å²) in [6, 6.07) is 31.2. The second-order valence-electron chi connectivity index (χ2n) is 12.7. The van der Waals surface area contributed by atoms with Crippen molar-refractivity contribution in [3.8, 4) is 22.3 Å². The molecular weight excluding hydrogens is 484 g/mol. The van der Waals surface area contributed by atoms with Crippen LogP contribution in [0, 0.1) is 11.8 Å². The first-order chi connectivity index (χ1) is 19.6. The second-order valence-corrected chi connectivity index (χ2v) is 12.7. The van der Waals surface area contributed by atoms with E-state index in [0.717, 1.165) is 22.9 Å². The Morgan fingerprint density at radius 2 is 0.850 bits per heavy atom. The van der Waals surface area contributed by atoms with Gasteiger partial charge in [0, 0.05) is 34.0 Å². The molecule has 0 aliphatic heterocycles. The largest absolute Gasteiger partial charge is 0.250 e. The van der Waals surface area contributed by atoms with Crippen LogP contribution in [0.3, 0.4) is 0 Å². The lowest BCUT2D eigenvalue weighted by Gasteiger charge is -2.27. The van der Waals surface area contributed by atoms with Crippen LogP contribution in [0.2, 0.25) is 0 Å². The van der Waals surface area contributed by atoms with Gasteiger partial charge in [-0.25, -0.2) is 0 Å². The maximum atomic E-state index is 5.51. The molecule has 0 saturated heterocycles. The molecule has 2 aromatic heterocycles. The number of benzene rings is 3. The van der Waals surface area contributed by atoms with E-state index in [4.69, 9.17) is 9.97 Å². The van der Waals surface area contributed by atoms with E-state index in [2.05, 4.69) is 98.8 Å². The second kappa shape index (κ2) is 10.8. The quantitative estimate of drug-likeness (QED) is 0.219. The molecule has 0 bridgehead atoms. The summed E-state index contributed by atoms with van der Waals surface area (Å²) >= 11 is 0. The number of fused-ring (bicyclic) bond motifs is 3. The fourth-order valence-electron chi connectivity index (χ4n) is 7.26. The van der Waals surface area contributed by atoms with Gasteiger partial charge in [0.15, 0.2) is 0 Å². The SMILES string of the molecule is CC1CCC(c2cc(-c3ccccc3)c3ccc4c(-c5ccccc5)cc(C5CCC(C)CC5)nc4c3n2)CC1. The molecule has 0 unspecified atom stereocenters. The van der Waals surface area contributed by atoms with Gasteiger partial charge in [-0.2, -0.15) is 0 Å². The first kappa shape index (κ1) is 25.4. The molecule has 202 valence electrons. The standard InChI is InChI=1S/C38H40N2/c1-25-13-17-29(18-14-25)35-23-33(27-9-5-3-6-10-27)31-21-22-32-34(28-11-7-4-8-12-28)24-36(40-38(32)37(31)39-35)30-19-15-26(2)16-20-30/h3-12,21-26,29-30H,13-20H2,1-2H3. The number of aromatic nitrogens is 2. The molecule has 0 N–H and O–H groups in total. The fourth-order valence-corrected chi connectivity index (χ4v) is 7.26. The minimum Gasteiger partial charge on any atom is -0.250 e. The van der Waals surface area contributed by atoms with Crippen molar-refractivity contribution in [2.75, 3.05) is 0 Å². The lowest BCUT2D eigenvalue weighted by Crippen LogP contribution is -2.13. The minimum atomic E-state index is 0.523. The third-order valence-corrected chi connectivity index (χ3v) is 9.84. The summed E-state index contributed by atoms with van der Waals surface area (Å²) < 4.78 is 0. The molecule has 2 saturated carbocycles. The van der Waals surface area contributed by atoms with Gasteiger partial charge < -0.3 is 0 Å². The third-order valence-electron chi connectivity index (χ3n) is 9.84. The smallest absolute Gasteiger partial charge is 0.0974 e. The van der Waals surface area contributed by atoms with Crippen molar-refractivity contribution < 1.29 is 0 Å². The van der Waals surface area contributed by atoms with Crippen molar-refractivity contribution in [2.45, 2.75) is 77.0 Å². The molecule has 7 rings (SSSR count). The summed E-state index contributed by atoms with van der Waals surface area (Å²) in [4.78, 5) is 11.0. The molecule has 2 fully saturated rings. The zero-order chi connectivity index (χ0) is 27.1. The number of pyridine rings is 2. The van der Waals surface area contributed by atoms with Gasteiger partial charge in [0.1, 0.15) is 0 Å². The van der Waals surface area contributed by atoms with Crippen LogP contribution in [0.5, 0.6) is 0 Å². The molecule has 2 nitrogen and oxygen atoms in total. The van der Waals surface area contributed by atoms with E-state index in [-0.39, 0.29) is 0 Å². The lowest BCUT2D eigenvalue weighted by atomic mass is 9.80. The van der Waals surface area contributed by atoms with Crippen LogP contribution in [0.25, 0.3) is 44.1 Å². The van der Waals surface area contributed by atoms with Gasteiger partial charge in [-0.15, -0.1) is 0 Å². The first-order valence-corrected chi connectivity index (χ1v) is 15.5. The highest BCUT2D eigenvalue weighted by Gasteiger charge is 2.25. The zero-order valence-corrected chi connectivity index (χ0v) is 23.9. The van der Waals surface area contributed by atoms with E-state index in [1.165, 1.54) is 95.8 Å². The summed E-state index contributed by atoms with van der Waals surface area (Å²) in [5.41, 5.74) is 9.78. The molecule has 0 spiro atoms. The Morgan fingerprint density at radius 3 is 1.23 bits per heavy atom. The maximum absolute atomic E-state index is 5.51. The van der Waals surface area contributed by atoms with Crippen LogP contribution in [0.1, 0.15) is 88.4 Å². The summed E-state index contributed by atoms with van der Waals surface area (Å²) in [5, 5.41) is 2.43. The van der Waals surface area contributed by atoms with E-state index in [0.29, 0.717) is 11.8 Å². The number of nitrogens with zero attached hydrogens (tertiary/aromatic N) is 2. The van der Waals surface area contributed by atoms with E-state index < -0.39 is 0 Å². The van der Waals surface area contributed by atoms with E-state index >= 15 is 0 Å². The van der Waals surface area contributed by atoms with Crippen LogP contribution in [-0.2, 0) is 0 Å². The van der Waals surface area contributed by atoms with Gasteiger partial charge >= 0.3 is 0 Å². The Balaban J connectivity index is 1.50. The Bertz CT molecular complexity index is 1500. The highest BCUT2D eigenvalue weighted by molar-refractivity contribution is 6.12. The highest BCUT2D eigenvalue weighted by atomic mass is 14.8. The summed E-state index contributed by atoms with van der Waals surface area (Å²) in [6.45, 7) is 4.80. The first-order valence-electron chi connectivity index (χ1n) is 15.5. The van der Waals surface area contributed by atoms with Crippen LogP contribution in [0.15, 0.2) is 84.9 Å². The van der Waals surface area contributed by atoms with Gasteiger partial charge in [0.05, 0.1) is 11.0 Å². The predicted octanol–water partition coefficient (Wildman–Crippen LogP) is 10.7. The van der Waals surface area contributed by atoms with Crippen molar-refractivity contribution in [3.63, 3.8) is 0 Å². The minimum absolute atomic E-state index is 0.523. The Morgan fingerprint density at radius 1 is 0.475 bits per heavy atom. The molecule has 2 heteroatoms. The normalized spacial score (nSPS) is 23.4. The molecule has 3 aromatic carbocycles.